The molecule has 96 valence electrons. The third-order valence-corrected chi connectivity index (χ3v) is 2.52. The highest BCUT2D eigenvalue weighted by atomic mass is 16.5. The van der Waals surface area contributed by atoms with E-state index in [-0.39, 0.29) is 11.5 Å². The van der Waals surface area contributed by atoms with Gasteiger partial charge < -0.3 is 14.7 Å². The SMILES string of the molecule is COC(=O)C(=CO)N(C)c1cccc(C(C)=O)c1. The van der Waals surface area contributed by atoms with Crippen LogP contribution in [0.1, 0.15) is 17.3 Å². The van der Waals surface area contributed by atoms with Crippen molar-refractivity contribution in [2.24, 2.45) is 0 Å². The molecule has 0 heterocycles. The van der Waals surface area contributed by atoms with E-state index in [0.29, 0.717) is 17.5 Å². The molecule has 5 heteroatoms. The van der Waals surface area contributed by atoms with Gasteiger partial charge >= 0.3 is 5.97 Å². The summed E-state index contributed by atoms with van der Waals surface area (Å²) in [6, 6.07) is 6.74. The number of hydrogen-bond acceptors (Lipinski definition) is 5. The number of nitrogens with zero attached hydrogens (tertiary/aromatic N) is 1. The fourth-order valence-corrected chi connectivity index (χ4v) is 1.45. The smallest absolute Gasteiger partial charge is 0.357 e. The van der Waals surface area contributed by atoms with Crippen molar-refractivity contribution < 1.29 is 19.4 Å². The van der Waals surface area contributed by atoms with E-state index in [1.54, 1.807) is 31.3 Å². The van der Waals surface area contributed by atoms with Gasteiger partial charge in [-0.1, -0.05) is 12.1 Å². The number of ether oxygens (including phenoxy) is 1. The molecule has 0 aliphatic carbocycles. The van der Waals surface area contributed by atoms with Crippen molar-refractivity contribution in [1.82, 2.24) is 0 Å². The van der Waals surface area contributed by atoms with E-state index < -0.39 is 5.97 Å². The van der Waals surface area contributed by atoms with Crippen LogP contribution in [0.15, 0.2) is 36.2 Å². The first kappa shape index (κ1) is 13.8. The molecule has 0 aliphatic rings. The van der Waals surface area contributed by atoms with E-state index in [0.717, 1.165) is 0 Å². The number of Topliss-reactive ketones (excluding diaryl/α,β-unsaturated/α-hetero) is 1. The summed E-state index contributed by atoms with van der Waals surface area (Å²) in [5.41, 5.74) is 1.12. The number of rotatable bonds is 4. The summed E-state index contributed by atoms with van der Waals surface area (Å²) in [5.74, 6) is -0.730. The molecular formula is C13H15NO4. The summed E-state index contributed by atoms with van der Waals surface area (Å²) >= 11 is 0. The number of hydrogen-bond donors (Lipinski definition) is 1. The first-order chi connectivity index (χ1) is 8.51. The van der Waals surface area contributed by atoms with E-state index in [4.69, 9.17) is 5.11 Å². The third kappa shape index (κ3) is 2.88. The van der Waals surface area contributed by atoms with Crippen molar-refractivity contribution in [2.75, 3.05) is 19.1 Å². The Morgan fingerprint density at radius 2 is 2.06 bits per heavy atom. The second-order valence-electron chi connectivity index (χ2n) is 3.67. The van der Waals surface area contributed by atoms with Gasteiger partial charge in [-0.2, -0.15) is 0 Å². The highest BCUT2D eigenvalue weighted by Gasteiger charge is 2.17. The zero-order chi connectivity index (χ0) is 13.7. The number of methoxy groups -OCH3 is 1. The fourth-order valence-electron chi connectivity index (χ4n) is 1.45. The van der Waals surface area contributed by atoms with Crippen molar-refractivity contribution in [3.05, 3.63) is 41.8 Å². The summed E-state index contributed by atoms with van der Waals surface area (Å²) in [4.78, 5) is 24.1. The first-order valence-corrected chi connectivity index (χ1v) is 5.28. The van der Waals surface area contributed by atoms with Gasteiger partial charge in [0.1, 0.15) is 6.26 Å². The van der Waals surface area contributed by atoms with Gasteiger partial charge in [-0.25, -0.2) is 4.79 Å². The van der Waals surface area contributed by atoms with Crippen LogP contribution in [0.2, 0.25) is 0 Å². The molecule has 1 N–H and O–H groups in total. The standard InChI is InChI=1S/C13H15NO4/c1-9(16)10-5-4-6-11(7-10)14(2)12(8-15)13(17)18-3/h4-8,15H,1-3H3. The Kier molecular flexibility index (Phi) is 4.48. The van der Waals surface area contributed by atoms with Gasteiger partial charge in [0.15, 0.2) is 11.5 Å². The van der Waals surface area contributed by atoms with Crippen LogP contribution in [0.5, 0.6) is 0 Å². The Morgan fingerprint density at radius 1 is 1.39 bits per heavy atom. The van der Waals surface area contributed by atoms with Crippen LogP contribution in [0.25, 0.3) is 0 Å². The van der Waals surface area contributed by atoms with Crippen LogP contribution in [0.3, 0.4) is 0 Å². The molecule has 0 aliphatic heterocycles. The number of carbonyl (C=O) groups excluding carboxylic acids is 2. The number of carbonyl (C=O) groups is 2. The number of likely N-dealkylation sites (N-methyl/N-ethyl adjacent to an activating group) is 1. The minimum absolute atomic E-state index is 0.0156. The summed E-state index contributed by atoms with van der Waals surface area (Å²) < 4.78 is 4.55. The lowest BCUT2D eigenvalue weighted by atomic mass is 10.1. The van der Waals surface area contributed by atoms with Gasteiger partial charge in [-0.15, -0.1) is 0 Å². The van der Waals surface area contributed by atoms with Crippen LogP contribution < -0.4 is 4.90 Å². The normalized spacial score (nSPS) is 10.9. The van der Waals surface area contributed by atoms with Crippen LogP contribution in [-0.2, 0) is 9.53 Å². The number of esters is 1. The lowest BCUT2D eigenvalue weighted by molar-refractivity contribution is -0.136. The molecule has 5 nitrogen and oxygen atoms in total. The van der Waals surface area contributed by atoms with E-state index >= 15 is 0 Å². The largest absolute Gasteiger partial charge is 0.513 e. The minimum atomic E-state index is -0.659. The van der Waals surface area contributed by atoms with Crippen LogP contribution in [0.4, 0.5) is 5.69 Å². The highest BCUT2D eigenvalue weighted by molar-refractivity contribution is 5.96. The second kappa shape index (κ2) is 5.86. The molecule has 0 radical (unpaired) electrons. The maximum atomic E-state index is 11.4. The zero-order valence-electron chi connectivity index (χ0n) is 10.5. The number of aliphatic hydroxyl groups excluding tert-OH is 1. The first-order valence-electron chi connectivity index (χ1n) is 5.28. The zero-order valence-corrected chi connectivity index (χ0v) is 10.5. The predicted octanol–water partition coefficient (Wildman–Crippen LogP) is 1.90. The molecule has 1 rings (SSSR count). The van der Waals surface area contributed by atoms with Crippen molar-refractivity contribution in [2.45, 2.75) is 6.92 Å². The number of anilines is 1. The second-order valence-corrected chi connectivity index (χ2v) is 3.67. The maximum absolute atomic E-state index is 11.4. The molecule has 0 spiro atoms. The monoisotopic (exact) mass is 249 g/mol. The van der Waals surface area contributed by atoms with E-state index in [9.17, 15) is 9.59 Å². The van der Waals surface area contributed by atoms with Crippen LogP contribution in [0, 0.1) is 0 Å². The van der Waals surface area contributed by atoms with E-state index in [1.165, 1.54) is 18.9 Å². The Labute approximate surface area is 105 Å². The number of aliphatic hydroxyl groups is 1. The summed E-state index contributed by atoms with van der Waals surface area (Å²) in [7, 11) is 2.82. The molecule has 0 saturated heterocycles. The van der Waals surface area contributed by atoms with E-state index in [2.05, 4.69) is 4.74 Å². The van der Waals surface area contributed by atoms with Crippen LogP contribution in [-0.4, -0.2) is 31.0 Å². The van der Waals surface area contributed by atoms with Crippen LogP contribution >= 0.6 is 0 Å². The molecule has 0 saturated carbocycles. The van der Waals surface area contributed by atoms with Gasteiger partial charge in [-0.3, -0.25) is 4.79 Å². The molecule has 0 aromatic heterocycles. The van der Waals surface area contributed by atoms with Gasteiger partial charge in [0, 0.05) is 18.3 Å². The van der Waals surface area contributed by atoms with Gasteiger partial charge in [0.25, 0.3) is 0 Å². The van der Waals surface area contributed by atoms with Crippen molar-refractivity contribution >= 4 is 17.4 Å². The molecule has 1 aromatic rings. The molecule has 18 heavy (non-hydrogen) atoms. The van der Waals surface area contributed by atoms with Crippen molar-refractivity contribution in [3.63, 3.8) is 0 Å². The summed E-state index contributed by atoms with van der Waals surface area (Å²) in [6.45, 7) is 1.46. The maximum Gasteiger partial charge on any atom is 0.357 e. The summed E-state index contributed by atoms with van der Waals surface area (Å²) in [6.07, 6.45) is 0.673. The average molecular weight is 249 g/mol. The minimum Gasteiger partial charge on any atom is -0.513 e. The molecule has 0 bridgehead atoms. The Bertz CT molecular complexity index is 494. The predicted molar refractivity (Wildman–Crippen MR) is 67.6 cm³/mol. The van der Waals surface area contributed by atoms with Gasteiger partial charge in [0.05, 0.1) is 7.11 Å². The molecular weight excluding hydrogens is 234 g/mol. The molecule has 0 unspecified atom stereocenters. The topological polar surface area (TPSA) is 66.8 Å². The van der Waals surface area contributed by atoms with Gasteiger partial charge in [-0.05, 0) is 19.1 Å². The Morgan fingerprint density at radius 3 is 2.56 bits per heavy atom. The number of benzene rings is 1. The van der Waals surface area contributed by atoms with Crippen molar-refractivity contribution in [1.29, 1.82) is 0 Å². The Hall–Kier alpha value is -2.30. The van der Waals surface area contributed by atoms with Gasteiger partial charge in [0.2, 0.25) is 0 Å². The summed E-state index contributed by atoms with van der Waals surface area (Å²) in [5, 5.41) is 9.07. The lowest BCUT2D eigenvalue weighted by Gasteiger charge is -2.20. The fraction of sp³-hybridized carbons (Fsp3) is 0.231. The Balaban J connectivity index is 3.10. The number of ketones is 1. The van der Waals surface area contributed by atoms with E-state index in [1.807, 2.05) is 0 Å². The highest BCUT2D eigenvalue weighted by Crippen LogP contribution is 2.19. The molecule has 0 atom stereocenters. The molecule has 1 aromatic carbocycles. The van der Waals surface area contributed by atoms with Crippen molar-refractivity contribution in [3.8, 4) is 0 Å². The quantitative estimate of drug-likeness (QED) is 0.382. The molecule has 0 fully saturated rings. The average Bonchev–Trinajstić information content (AvgIpc) is 2.39. The molecule has 0 amide bonds. The lowest BCUT2D eigenvalue weighted by Crippen LogP contribution is -2.24. The third-order valence-electron chi connectivity index (χ3n) is 2.52.